The highest BCUT2D eigenvalue weighted by Gasteiger charge is 2.33. The molecular weight excluding hydrogens is 278 g/mol. The van der Waals surface area contributed by atoms with E-state index >= 15 is 0 Å². The highest BCUT2D eigenvalue weighted by Crippen LogP contribution is 2.21. The summed E-state index contributed by atoms with van der Waals surface area (Å²) in [6.45, 7) is 2.14. The summed E-state index contributed by atoms with van der Waals surface area (Å²) < 4.78 is 0.440. The van der Waals surface area contributed by atoms with Gasteiger partial charge in [-0.15, -0.1) is 0 Å². The second-order valence-corrected chi connectivity index (χ2v) is 6.81. The molecule has 0 radical (unpaired) electrons. The highest BCUT2D eigenvalue weighted by atomic mass is 35.5. The molecule has 1 N–H and O–H groups in total. The van der Waals surface area contributed by atoms with Crippen LogP contribution >= 0.6 is 11.6 Å². The maximum absolute atomic E-state index is 12.0. The number of carbonyl (C=O) groups excluding carboxylic acids is 1. The van der Waals surface area contributed by atoms with Gasteiger partial charge < -0.3 is 9.59 Å². The quantitative estimate of drug-likeness (QED) is 0.209. The standard InChI is InChI=1S/C15H28ClNO3/c1-5-6-7-8-9-10-13(18)12(15(19)20)11-14(16)17(2,3)4/h12,14H,5-11H2,1-4H3/p+1. The number of rotatable bonds is 11. The average molecular weight is 307 g/mol. The number of alkyl halides is 1. The van der Waals surface area contributed by atoms with Crippen molar-refractivity contribution in [3.63, 3.8) is 0 Å². The molecule has 20 heavy (non-hydrogen) atoms. The Kier molecular flexibility index (Phi) is 9.06. The number of unbranched alkanes of at least 4 members (excludes halogenated alkanes) is 4. The van der Waals surface area contributed by atoms with Crippen molar-refractivity contribution in [1.29, 1.82) is 0 Å². The molecule has 0 aliphatic heterocycles. The number of quaternary nitrogens is 1. The molecule has 0 amide bonds. The molecule has 0 saturated heterocycles. The van der Waals surface area contributed by atoms with Gasteiger partial charge in [0.15, 0.2) is 5.50 Å². The predicted octanol–water partition coefficient (Wildman–Crippen LogP) is 3.28. The molecule has 0 saturated carbocycles. The van der Waals surface area contributed by atoms with Gasteiger partial charge in [-0.3, -0.25) is 9.59 Å². The van der Waals surface area contributed by atoms with Gasteiger partial charge in [0.25, 0.3) is 0 Å². The number of hydrogen-bond donors (Lipinski definition) is 1. The van der Waals surface area contributed by atoms with Gasteiger partial charge in [0, 0.05) is 12.8 Å². The van der Waals surface area contributed by atoms with Crippen molar-refractivity contribution in [3.05, 3.63) is 0 Å². The van der Waals surface area contributed by atoms with Crippen LogP contribution in [-0.4, -0.2) is 48.0 Å². The van der Waals surface area contributed by atoms with Crippen LogP contribution in [0.15, 0.2) is 0 Å². The van der Waals surface area contributed by atoms with Crippen LogP contribution in [0.25, 0.3) is 0 Å². The number of Topliss-reactive ketones (excluding diaryl/α,β-unsaturated/α-hetero) is 1. The number of ketones is 1. The molecule has 0 spiro atoms. The van der Waals surface area contributed by atoms with Crippen molar-refractivity contribution in [2.75, 3.05) is 21.1 Å². The molecule has 2 unspecified atom stereocenters. The van der Waals surface area contributed by atoms with Gasteiger partial charge in [0.05, 0.1) is 21.1 Å². The summed E-state index contributed by atoms with van der Waals surface area (Å²) in [5.41, 5.74) is -0.375. The molecule has 0 aromatic rings. The van der Waals surface area contributed by atoms with Crippen LogP contribution in [0, 0.1) is 5.92 Å². The largest absolute Gasteiger partial charge is 0.481 e. The lowest BCUT2D eigenvalue weighted by Gasteiger charge is -2.30. The molecule has 0 aliphatic rings. The van der Waals surface area contributed by atoms with Gasteiger partial charge in [-0.2, -0.15) is 0 Å². The summed E-state index contributed by atoms with van der Waals surface area (Å²) in [4.78, 5) is 23.3. The van der Waals surface area contributed by atoms with Gasteiger partial charge in [-0.05, 0) is 6.42 Å². The Morgan fingerprint density at radius 3 is 2.10 bits per heavy atom. The Labute approximate surface area is 127 Å². The third-order valence-corrected chi connectivity index (χ3v) is 4.25. The molecule has 0 heterocycles. The number of aliphatic carboxylic acids is 1. The van der Waals surface area contributed by atoms with Crippen LogP contribution in [0.5, 0.6) is 0 Å². The van der Waals surface area contributed by atoms with Gasteiger partial charge in [-0.25, -0.2) is 0 Å². The second kappa shape index (κ2) is 9.35. The van der Waals surface area contributed by atoms with E-state index in [1.165, 1.54) is 6.42 Å². The van der Waals surface area contributed by atoms with Crippen LogP contribution in [-0.2, 0) is 9.59 Å². The summed E-state index contributed by atoms with van der Waals surface area (Å²) in [6.07, 6.45) is 5.74. The zero-order valence-electron chi connectivity index (χ0n) is 13.2. The number of carboxylic acids is 1. The lowest BCUT2D eigenvalue weighted by molar-refractivity contribution is -0.883. The van der Waals surface area contributed by atoms with Crippen molar-refractivity contribution in [2.24, 2.45) is 5.92 Å². The van der Waals surface area contributed by atoms with E-state index in [2.05, 4.69) is 6.92 Å². The van der Waals surface area contributed by atoms with Crippen molar-refractivity contribution in [1.82, 2.24) is 0 Å². The van der Waals surface area contributed by atoms with Gasteiger partial charge in [-0.1, -0.05) is 44.2 Å². The summed E-state index contributed by atoms with van der Waals surface area (Å²) in [5.74, 6) is -2.21. The summed E-state index contributed by atoms with van der Waals surface area (Å²) in [5, 5.41) is 9.21. The van der Waals surface area contributed by atoms with E-state index in [4.69, 9.17) is 11.6 Å². The van der Waals surface area contributed by atoms with E-state index in [1.54, 1.807) is 0 Å². The summed E-state index contributed by atoms with van der Waals surface area (Å²) in [6, 6.07) is 0. The fourth-order valence-corrected chi connectivity index (χ4v) is 2.14. The Balaban J connectivity index is 4.31. The minimum atomic E-state index is -1.05. The van der Waals surface area contributed by atoms with E-state index in [0.717, 1.165) is 25.7 Å². The van der Waals surface area contributed by atoms with E-state index in [-0.39, 0.29) is 17.7 Å². The Bertz CT molecular complexity index is 313. The van der Waals surface area contributed by atoms with Gasteiger partial charge in [0.2, 0.25) is 0 Å². The van der Waals surface area contributed by atoms with Gasteiger partial charge >= 0.3 is 5.97 Å². The molecule has 118 valence electrons. The molecule has 0 aromatic carbocycles. The molecule has 0 fully saturated rings. The SMILES string of the molecule is CCCCCCCC(=O)C(CC(Cl)[N+](C)(C)C)C(=O)O. The first-order valence-corrected chi connectivity index (χ1v) is 7.84. The molecule has 0 aliphatic carbocycles. The predicted molar refractivity (Wildman–Crippen MR) is 81.8 cm³/mol. The number of carboxylic acid groups (broad SMARTS) is 1. The number of hydrogen-bond acceptors (Lipinski definition) is 2. The average Bonchev–Trinajstić information content (AvgIpc) is 2.33. The van der Waals surface area contributed by atoms with Crippen LogP contribution in [0.4, 0.5) is 0 Å². The van der Waals surface area contributed by atoms with E-state index in [9.17, 15) is 14.7 Å². The second-order valence-electron chi connectivity index (χ2n) is 6.31. The minimum absolute atomic E-state index is 0.187. The third kappa shape index (κ3) is 7.85. The molecule has 5 heteroatoms. The fraction of sp³-hybridized carbons (Fsp3) is 0.867. The van der Waals surface area contributed by atoms with E-state index in [0.29, 0.717) is 10.9 Å². The Morgan fingerprint density at radius 2 is 1.65 bits per heavy atom. The molecule has 0 bridgehead atoms. The maximum Gasteiger partial charge on any atom is 0.314 e. The zero-order valence-corrected chi connectivity index (χ0v) is 13.9. The van der Waals surface area contributed by atoms with Gasteiger partial charge in [0.1, 0.15) is 11.7 Å². The van der Waals surface area contributed by atoms with Crippen molar-refractivity contribution < 1.29 is 19.2 Å². The summed E-state index contributed by atoms with van der Waals surface area (Å²) >= 11 is 6.20. The van der Waals surface area contributed by atoms with Crippen molar-refractivity contribution in [3.8, 4) is 0 Å². The monoisotopic (exact) mass is 306 g/mol. The molecule has 2 atom stereocenters. The smallest absolute Gasteiger partial charge is 0.314 e. The fourth-order valence-electron chi connectivity index (χ4n) is 1.96. The van der Waals surface area contributed by atoms with Crippen LogP contribution in [0.1, 0.15) is 51.9 Å². The lowest BCUT2D eigenvalue weighted by atomic mass is 9.95. The molecular formula is C15H29ClNO3+. The third-order valence-electron chi connectivity index (χ3n) is 3.48. The first-order chi connectivity index (χ1) is 9.20. The molecule has 4 nitrogen and oxygen atoms in total. The van der Waals surface area contributed by atoms with Crippen LogP contribution in [0.3, 0.4) is 0 Å². The topological polar surface area (TPSA) is 54.4 Å². The van der Waals surface area contributed by atoms with Crippen molar-refractivity contribution >= 4 is 23.4 Å². The summed E-state index contributed by atoms with van der Waals surface area (Å²) in [7, 11) is 5.68. The Hall–Kier alpha value is -0.610. The van der Waals surface area contributed by atoms with E-state index in [1.807, 2.05) is 21.1 Å². The first kappa shape index (κ1) is 19.4. The number of halogens is 1. The minimum Gasteiger partial charge on any atom is -0.481 e. The molecule has 0 rings (SSSR count). The zero-order chi connectivity index (χ0) is 15.8. The highest BCUT2D eigenvalue weighted by molar-refractivity contribution is 6.20. The van der Waals surface area contributed by atoms with Crippen molar-refractivity contribution in [2.45, 2.75) is 57.4 Å². The lowest BCUT2D eigenvalue weighted by Crippen LogP contribution is -2.44. The normalized spacial score (nSPS) is 14.8. The number of nitrogens with zero attached hydrogens (tertiary/aromatic N) is 1. The maximum atomic E-state index is 12.0. The number of carbonyl (C=O) groups is 2. The van der Waals surface area contributed by atoms with Crippen LogP contribution in [0.2, 0.25) is 0 Å². The van der Waals surface area contributed by atoms with Crippen LogP contribution < -0.4 is 0 Å². The molecule has 0 aromatic heterocycles. The Morgan fingerprint density at radius 1 is 1.10 bits per heavy atom. The first-order valence-electron chi connectivity index (χ1n) is 7.40. The van der Waals surface area contributed by atoms with E-state index < -0.39 is 11.9 Å².